The summed E-state index contributed by atoms with van der Waals surface area (Å²) in [6.45, 7) is 2.22. The second-order valence-corrected chi connectivity index (χ2v) is 7.14. The summed E-state index contributed by atoms with van der Waals surface area (Å²) in [6.07, 6.45) is 11.8. The van der Waals surface area contributed by atoms with E-state index in [9.17, 15) is 4.79 Å². The van der Waals surface area contributed by atoms with Crippen molar-refractivity contribution in [1.82, 2.24) is 5.32 Å². The van der Waals surface area contributed by atoms with Gasteiger partial charge in [0.1, 0.15) is 5.75 Å². The van der Waals surface area contributed by atoms with E-state index in [0.717, 1.165) is 44.1 Å². The highest BCUT2D eigenvalue weighted by molar-refractivity contribution is 5.66. The number of ether oxygens (including phenoxy) is 1. The van der Waals surface area contributed by atoms with Gasteiger partial charge in [-0.25, -0.2) is 0 Å². The Balaban J connectivity index is 1.52. The first-order valence-electron chi connectivity index (χ1n) is 9.88. The molecule has 0 bridgehead atoms. The minimum atomic E-state index is -0.748. The molecule has 140 valence electrons. The van der Waals surface area contributed by atoms with Crippen molar-refractivity contribution in [2.24, 2.45) is 5.92 Å². The largest absolute Gasteiger partial charge is 0.494 e. The smallest absolute Gasteiger partial charge is 0.304 e. The van der Waals surface area contributed by atoms with Crippen LogP contribution >= 0.6 is 0 Å². The van der Waals surface area contributed by atoms with E-state index in [1.54, 1.807) is 0 Å². The Morgan fingerprint density at radius 3 is 2.56 bits per heavy atom. The van der Waals surface area contributed by atoms with E-state index in [0.29, 0.717) is 6.54 Å². The lowest BCUT2D eigenvalue weighted by Gasteiger charge is -2.21. The summed E-state index contributed by atoms with van der Waals surface area (Å²) in [6, 6.07) is 8.39. The third kappa shape index (κ3) is 8.92. The molecule has 0 aromatic heterocycles. The zero-order chi connectivity index (χ0) is 17.7. The van der Waals surface area contributed by atoms with Gasteiger partial charge in [-0.15, -0.1) is 0 Å². The van der Waals surface area contributed by atoms with E-state index in [-0.39, 0.29) is 6.42 Å². The molecule has 1 aromatic rings. The van der Waals surface area contributed by atoms with Crippen LogP contribution in [0.1, 0.15) is 63.4 Å². The van der Waals surface area contributed by atoms with Crippen molar-refractivity contribution in [3.05, 3.63) is 29.8 Å². The molecule has 0 radical (unpaired) electrons. The zero-order valence-electron chi connectivity index (χ0n) is 15.3. The van der Waals surface area contributed by atoms with Crippen LogP contribution in [0.4, 0.5) is 0 Å². The van der Waals surface area contributed by atoms with Crippen LogP contribution in [-0.4, -0.2) is 30.8 Å². The molecule has 2 rings (SSSR count). The first-order valence-corrected chi connectivity index (χ1v) is 9.88. The fourth-order valence-corrected chi connectivity index (χ4v) is 3.53. The van der Waals surface area contributed by atoms with Crippen molar-refractivity contribution < 1.29 is 14.6 Å². The Kier molecular flexibility index (Phi) is 9.42. The molecule has 1 fully saturated rings. The van der Waals surface area contributed by atoms with Crippen LogP contribution in [0.25, 0.3) is 0 Å². The van der Waals surface area contributed by atoms with E-state index in [1.807, 2.05) is 0 Å². The van der Waals surface area contributed by atoms with Crippen LogP contribution in [0.15, 0.2) is 24.3 Å². The summed E-state index contributed by atoms with van der Waals surface area (Å²) < 4.78 is 5.86. The number of carboxylic acids is 1. The number of carboxylic acid groups (broad SMARTS) is 1. The van der Waals surface area contributed by atoms with E-state index < -0.39 is 5.97 Å². The first-order chi connectivity index (χ1) is 12.2. The molecule has 4 heteroatoms. The lowest BCUT2D eigenvalue weighted by atomic mass is 9.86. The molecule has 0 atom stereocenters. The van der Waals surface area contributed by atoms with Crippen molar-refractivity contribution in [1.29, 1.82) is 0 Å². The highest BCUT2D eigenvalue weighted by Gasteiger charge is 2.12. The minimum Gasteiger partial charge on any atom is -0.494 e. The van der Waals surface area contributed by atoms with E-state index >= 15 is 0 Å². The highest BCUT2D eigenvalue weighted by atomic mass is 16.5. The third-order valence-corrected chi connectivity index (χ3v) is 5.01. The summed E-state index contributed by atoms with van der Waals surface area (Å²) in [4.78, 5) is 10.4. The summed E-state index contributed by atoms with van der Waals surface area (Å²) in [5, 5.41) is 11.7. The first kappa shape index (κ1) is 19.8. The molecule has 1 aliphatic rings. The molecule has 2 N–H and O–H groups in total. The third-order valence-electron chi connectivity index (χ3n) is 5.01. The average Bonchev–Trinajstić information content (AvgIpc) is 2.63. The Labute approximate surface area is 152 Å². The van der Waals surface area contributed by atoms with Gasteiger partial charge in [-0.3, -0.25) is 4.79 Å². The van der Waals surface area contributed by atoms with Crippen LogP contribution in [0.5, 0.6) is 5.75 Å². The number of aryl methyl sites for hydroxylation is 1. The van der Waals surface area contributed by atoms with Crippen molar-refractivity contribution in [3.63, 3.8) is 0 Å². The molecule has 0 saturated heterocycles. The van der Waals surface area contributed by atoms with Crippen molar-refractivity contribution in [2.45, 2.75) is 64.2 Å². The van der Waals surface area contributed by atoms with Gasteiger partial charge < -0.3 is 15.2 Å². The topological polar surface area (TPSA) is 58.6 Å². The van der Waals surface area contributed by atoms with Gasteiger partial charge in [-0.05, 0) is 55.8 Å². The van der Waals surface area contributed by atoms with Crippen LogP contribution in [0.2, 0.25) is 0 Å². The predicted molar refractivity (Wildman–Crippen MR) is 101 cm³/mol. The maximum absolute atomic E-state index is 10.4. The Bertz CT molecular complexity index is 480. The van der Waals surface area contributed by atoms with E-state index in [1.165, 1.54) is 44.1 Å². The molecule has 0 amide bonds. The lowest BCUT2D eigenvalue weighted by Crippen LogP contribution is -2.19. The fourth-order valence-electron chi connectivity index (χ4n) is 3.53. The second-order valence-electron chi connectivity index (χ2n) is 7.14. The van der Waals surface area contributed by atoms with Gasteiger partial charge in [0, 0.05) is 6.54 Å². The fraction of sp³-hybridized carbons (Fsp3) is 0.667. The van der Waals surface area contributed by atoms with Crippen molar-refractivity contribution >= 4 is 5.97 Å². The Morgan fingerprint density at radius 2 is 1.84 bits per heavy atom. The molecule has 25 heavy (non-hydrogen) atoms. The van der Waals surface area contributed by atoms with Gasteiger partial charge >= 0.3 is 5.97 Å². The molecule has 0 unspecified atom stereocenters. The Morgan fingerprint density at radius 1 is 1.08 bits per heavy atom. The molecule has 1 aromatic carbocycles. The van der Waals surface area contributed by atoms with E-state index in [4.69, 9.17) is 9.84 Å². The number of carbonyl (C=O) groups is 1. The average molecular weight is 347 g/mol. The van der Waals surface area contributed by atoms with Crippen LogP contribution in [0, 0.1) is 5.92 Å². The van der Waals surface area contributed by atoms with E-state index in [2.05, 4.69) is 29.6 Å². The van der Waals surface area contributed by atoms with Gasteiger partial charge in [0.2, 0.25) is 0 Å². The molecule has 1 aliphatic carbocycles. The predicted octanol–water partition coefficient (Wildman–Crippen LogP) is 4.42. The number of hydrogen-bond donors (Lipinski definition) is 2. The van der Waals surface area contributed by atoms with Crippen LogP contribution < -0.4 is 10.1 Å². The van der Waals surface area contributed by atoms with Crippen molar-refractivity contribution in [2.75, 3.05) is 19.7 Å². The monoisotopic (exact) mass is 347 g/mol. The lowest BCUT2D eigenvalue weighted by molar-refractivity contribution is -0.136. The number of aliphatic carboxylic acids is 1. The number of hydrogen-bond acceptors (Lipinski definition) is 3. The van der Waals surface area contributed by atoms with Gasteiger partial charge in [0.05, 0.1) is 13.0 Å². The van der Waals surface area contributed by atoms with Crippen LogP contribution in [-0.2, 0) is 11.2 Å². The van der Waals surface area contributed by atoms with Crippen LogP contribution in [0.3, 0.4) is 0 Å². The standard InChI is InChI=1S/C21H33NO3/c23-21(24)14-16-22-15-4-8-19-10-12-20(13-11-19)25-17-5-9-18-6-2-1-3-7-18/h10-13,18,22H,1-9,14-17H2,(H,23,24). The number of nitrogens with one attached hydrogen (secondary N) is 1. The molecule has 0 heterocycles. The molecule has 1 saturated carbocycles. The highest BCUT2D eigenvalue weighted by Crippen LogP contribution is 2.27. The summed E-state index contributed by atoms with van der Waals surface area (Å²) in [5.74, 6) is 1.15. The second kappa shape index (κ2) is 11.9. The van der Waals surface area contributed by atoms with Gasteiger partial charge in [-0.2, -0.15) is 0 Å². The van der Waals surface area contributed by atoms with Gasteiger partial charge in [-0.1, -0.05) is 44.2 Å². The van der Waals surface area contributed by atoms with Gasteiger partial charge in [0.25, 0.3) is 0 Å². The maximum atomic E-state index is 10.4. The summed E-state index contributed by atoms with van der Waals surface area (Å²) in [5.41, 5.74) is 1.30. The summed E-state index contributed by atoms with van der Waals surface area (Å²) >= 11 is 0. The van der Waals surface area contributed by atoms with Gasteiger partial charge in [0.15, 0.2) is 0 Å². The molecule has 0 spiro atoms. The number of rotatable bonds is 12. The molecular weight excluding hydrogens is 314 g/mol. The molecule has 0 aliphatic heterocycles. The quantitative estimate of drug-likeness (QED) is 0.549. The SMILES string of the molecule is O=C(O)CCNCCCc1ccc(OCCCC2CCCCC2)cc1. The molecular formula is C21H33NO3. The molecule has 4 nitrogen and oxygen atoms in total. The number of benzene rings is 1. The maximum Gasteiger partial charge on any atom is 0.304 e. The normalized spacial score (nSPS) is 15.2. The minimum absolute atomic E-state index is 0.187. The Hall–Kier alpha value is -1.55. The van der Waals surface area contributed by atoms with Crippen molar-refractivity contribution in [3.8, 4) is 5.75 Å². The summed E-state index contributed by atoms with van der Waals surface area (Å²) in [7, 11) is 0. The zero-order valence-corrected chi connectivity index (χ0v) is 15.3.